The molecule has 2 amide bonds. The van der Waals surface area contributed by atoms with Crippen LogP contribution in [0.25, 0.3) is 0 Å². The van der Waals surface area contributed by atoms with Crippen molar-refractivity contribution in [3.8, 4) is 0 Å². The number of nitrogens with one attached hydrogen (secondary N) is 1. The van der Waals surface area contributed by atoms with Crippen LogP contribution in [-0.2, 0) is 6.54 Å². The van der Waals surface area contributed by atoms with E-state index in [0.29, 0.717) is 37.6 Å². The zero-order valence-electron chi connectivity index (χ0n) is 14.5. The van der Waals surface area contributed by atoms with E-state index in [0.717, 1.165) is 0 Å². The van der Waals surface area contributed by atoms with Crippen molar-refractivity contribution in [3.63, 3.8) is 0 Å². The van der Waals surface area contributed by atoms with Gasteiger partial charge in [0.2, 0.25) is 0 Å². The topological polar surface area (TPSA) is 85.8 Å². The van der Waals surface area contributed by atoms with Gasteiger partial charge >= 0.3 is 12.0 Å². The molecule has 1 aromatic carbocycles. The number of carboxylic acid groups (broad SMARTS) is 1. The summed E-state index contributed by atoms with van der Waals surface area (Å²) in [5.41, 5.74) is 1.18. The Balaban J connectivity index is 0.00000261. The standard InChI is InChI=1S/C18H19FN4O3.ClH/c19-14-2-5-16(6-3-14)23(18(26)22-9-7-20-8-10-22)12-15-4-1-13(11-21-15)17(24)25;/h1-6,11,20H,7-10,12H2,(H,24,25);1H. The minimum Gasteiger partial charge on any atom is -0.478 e. The normalized spacial score (nSPS) is 13.6. The van der Waals surface area contributed by atoms with Crippen molar-refractivity contribution in [2.75, 3.05) is 31.1 Å². The maximum Gasteiger partial charge on any atom is 0.337 e. The quantitative estimate of drug-likeness (QED) is 0.831. The van der Waals surface area contributed by atoms with Gasteiger partial charge in [-0.2, -0.15) is 0 Å². The van der Waals surface area contributed by atoms with Gasteiger partial charge in [0.25, 0.3) is 0 Å². The predicted molar refractivity (Wildman–Crippen MR) is 101 cm³/mol. The number of rotatable bonds is 4. The van der Waals surface area contributed by atoms with Crippen molar-refractivity contribution in [1.29, 1.82) is 0 Å². The fourth-order valence-corrected chi connectivity index (χ4v) is 2.72. The van der Waals surface area contributed by atoms with E-state index in [2.05, 4.69) is 10.3 Å². The number of pyridine rings is 1. The summed E-state index contributed by atoms with van der Waals surface area (Å²) >= 11 is 0. The molecule has 1 aliphatic rings. The maximum atomic E-state index is 13.3. The molecule has 1 fully saturated rings. The fraction of sp³-hybridized carbons (Fsp3) is 0.278. The predicted octanol–water partition coefficient (Wildman–Crippen LogP) is 2.37. The van der Waals surface area contributed by atoms with Crippen molar-refractivity contribution < 1.29 is 19.1 Å². The molecule has 3 rings (SSSR count). The third kappa shape index (κ3) is 5.15. The number of halogens is 2. The van der Waals surface area contributed by atoms with E-state index in [1.165, 1.54) is 29.3 Å². The fourth-order valence-electron chi connectivity index (χ4n) is 2.72. The number of amides is 2. The van der Waals surface area contributed by atoms with Crippen LogP contribution in [0.5, 0.6) is 0 Å². The molecule has 27 heavy (non-hydrogen) atoms. The van der Waals surface area contributed by atoms with Crippen molar-refractivity contribution in [2.45, 2.75) is 6.54 Å². The van der Waals surface area contributed by atoms with Gasteiger partial charge in [0.05, 0.1) is 17.8 Å². The first-order chi connectivity index (χ1) is 12.5. The van der Waals surface area contributed by atoms with Gasteiger partial charge in [-0.05, 0) is 36.4 Å². The van der Waals surface area contributed by atoms with E-state index in [-0.39, 0.29) is 36.4 Å². The maximum absolute atomic E-state index is 13.3. The van der Waals surface area contributed by atoms with Crippen molar-refractivity contribution in [1.82, 2.24) is 15.2 Å². The molecule has 7 nitrogen and oxygen atoms in total. The molecule has 2 N–H and O–H groups in total. The number of nitrogens with zero attached hydrogens (tertiary/aromatic N) is 3. The highest BCUT2D eigenvalue weighted by Gasteiger charge is 2.24. The number of benzene rings is 1. The number of aromatic nitrogens is 1. The Hall–Kier alpha value is -2.71. The first kappa shape index (κ1) is 20.6. The molecule has 0 bridgehead atoms. The summed E-state index contributed by atoms with van der Waals surface area (Å²) in [4.78, 5) is 31.3. The first-order valence-electron chi connectivity index (χ1n) is 8.25. The number of anilines is 1. The lowest BCUT2D eigenvalue weighted by Crippen LogP contribution is -2.51. The van der Waals surface area contributed by atoms with Crippen LogP contribution in [0.3, 0.4) is 0 Å². The van der Waals surface area contributed by atoms with Gasteiger partial charge in [-0.3, -0.25) is 9.88 Å². The Morgan fingerprint density at radius 2 is 1.81 bits per heavy atom. The summed E-state index contributed by atoms with van der Waals surface area (Å²) in [7, 11) is 0. The molecule has 0 saturated carbocycles. The van der Waals surface area contributed by atoms with Gasteiger partial charge in [0.15, 0.2) is 0 Å². The third-order valence-corrected chi connectivity index (χ3v) is 4.15. The van der Waals surface area contributed by atoms with E-state index in [1.54, 1.807) is 23.1 Å². The molecule has 0 spiro atoms. The second kappa shape index (κ2) is 9.29. The summed E-state index contributed by atoms with van der Waals surface area (Å²) < 4.78 is 13.3. The van der Waals surface area contributed by atoms with Crippen LogP contribution in [0.1, 0.15) is 16.1 Å². The number of carbonyl (C=O) groups excluding carboxylic acids is 1. The van der Waals surface area contributed by atoms with Crippen LogP contribution in [0, 0.1) is 5.82 Å². The van der Waals surface area contributed by atoms with Crippen molar-refractivity contribution >= 4 is 30.1 Å². The lowest BCUT2D eigenvalue weighted by molar-refractivity contribution is 0.0696. The molecule has 0 atom stereocenters. The summed E-state index contributed by atoms with van der Waals surface area (Å²) in [5.74, 6) is -1.44. The molecule has 2 heterocycles. The van der Waals surface area contributed by atoms with Gasteiger partial charge in [-0.25, -0.2) is 14.0 Å². The first-order valence-corrected chi connectivity index (χ1v) is 8.25. The number of aromatic carboxylic acids is 1. The van der Waals surface area contributed by atoms with Crippen LogP contribution in [-0.4, -0.2) is 53.2 Å². The van der Waals surface area contributed by atoms with Gasteiger partial charge in [-0.15, -0.1) is 12.4 Å². The average molecular weight is 395 g/mol. The Kier molecular flexibility index (Phi) is 7.09. The lowest BCUT2D eigenvalue weighted by Gasteiger charge is -2.33. The largest absolute Gasteiger partial charge is 0.478 e. The number of carboxylic acids is 1. The summed E-state index contributed by atoms with van der Waals surface area (Å²) in [5, 5.41) is 12.2. The highest BCUT2D eigenvalue weighted by Crippen LogP contribution is 2.20. The van der Waals surface area contributed by atoms with Crippen LogP contribution in [0.2, 0.25) is 0 Å². The molecule has 0 aliphatic carbocycles. The molecule has 1 aromatic heterocycles. The second-order valence-electron chi connectivity index (χ2n) is 5.93. The molecule has 1 saturated heterocycles. The number of hydrogen-bond acceptors (Lipinski definition) is 4. The lowest BCUT2D eigenvalue weighted by atomic mass is 10.2. The van der Waals surface area contributed by atoms with E-state index >= 15 is 0 Å². The average Bonchev–Trinajstić information content (AvgIpc) is 2.67. The summed E-state index contributed by atoms with van der Waals surface area (Å²) in [6.07, 6.45) is 1.26. The van der Waals surface area contributed by atoms with E-state index in [1.807, 2.05) is 0 Å². The van der Waals surface area contributed by atoms with Gasteiger partial charge in [0.1, 0.15) is 5.82 Å². The van der Waals surface area contributed by atoms with E-state index in [4.69, 9.17) is 5.11 Å². The molecule has 2 aromatic rings. The zero-order chi connectivity index (χ0) is 18.5. The molecule has 1 aliphatic heterocycles. The zero-order valence-corrected chi connectivity index (χ0v) is 15.3. The van der Waals surface area contributed by atoms with Crippen molar-refractivity contribution in [2.24, 2.45) is 0 Å². The van der Waals surface area contributed by atoms with Crippen molar-refractivity contribution in [3.05, 3.63) is 59.7 Å². The summed E-state index contributed by atoms with van der Waals surface area (Å²) in [6, 6.07) is 8.51. The monoisotopic (exact) mass is 394 g/mol. The van der Waals surface area contributed by atoms with Crippen LogP contribution in [0.4, 0.5) is 14.9 Å². The van der Waals surface area contributed by atoms with Gasteiger partial charge in [-0.1, -0.05) is 0 Å². The Labute approximate surface area is 162 Å². The minimum atomic E-state index is -1.06. The number of urea groups is 1. The van der Waals surface area contributed by atoms with Gasteiger partial charge in [0, 0.05) is 38.1 Å². The van der Waals surface area contributed by atoms with Crippen LogP contribution < -0.4 is 10.2 Å². The smallest absolute Gasteiger partial charge is 0.337 e. The Morgan fingerprint density at radius 3 is 2.37 bits per heavy atom. The number of hydrogen-bond donors (Lipinski definition) is 2. The summed E-state index contributed by atoms with van der Waals surface area (Å²) in [6.45, 7) is 2.77. The third-order valence-electron chi connectivity index (χ3n) is 4.15. The van der Waals surface area contributed by atoms with E-state index in [9.17, 15) is 14.0 Å². The molecular formula is C18H20ClFN4O3. The molecule has 0 unspecified atom stereocenters. The molecular weight excluding hydrogens is 375 g/mol. The van der Waals surface area contributed by atoms with Gasteiger partial charge < -0.3 is 15.3 Å². The second-order valence-corrected chi connectivity index (χ2v) is 5.93. The molecule has 9 heteroatoms. The molecule has 144 valence electrons. The highest BCUT2D eigenvalue weighted by atomic mass is 35.5. The SMILES string of the molecule is Cl.O=C(O)c1ccc(CN(C(=O)N2CCNCC2)c2ccc(F)cc2)nc1. The number of carbonyl (C=O) groups is 2. The molecule has 0 radical (unpaired) electrons. The van der Waals surface area contributed by atoms with Crippen LogP contribution in [0.15, 0.2) is 42.6 Å². The van der Waals surface area contributed by atoms with Crippen LogP contribution >= 0.6 is 12.4 Å². The highest BCUT2D eigenvalue weighted by molar-refractivity contribution is 5.92. The Morgan fingerprint density at radius 1 is 1.15 bits per heavy atom. The van der Waals surface area contributed by atoms with E-state index < -0.39 is 5.97 Å². The minimum absolute atomic E-state index is 0. The number of piperazine rings is 1. The Bertz CT molecular complexity index is 780.